The molecule has 0 radical (unpaired) electrons. The summed E-state index contributed by atoms with van der Waals surface area (Å²) in [6.45, 7) is 5.43. The zero-order valence-electron chi connectivity index (χ0n) is 19.8. The van der Waals surface area contributed by atoms with Crippen molar-refractivity contribution in [1.29, 1.82) is 0 Å². The van der Waals surface area contributed by atoms with Crippen molar-refractivity contribution in [1.82, 2.24) is 14.7 Å². The van der Waals surface area contributed by atoms with Crippen LogP contribution in [0.3, 0.4) is 0 Å². The third kappa shape index (κ3) is 5.15. The highest BCUT2D eigenvalue weighted by Gasteiger charge is 2.17. The van der Waals surface area contributed by atoms with Crippen LogP contribution in [0.15, 0.2) is 91.0 Å². The van der Waals surface area contributed by atoms with Gasteiger partial charge >= 0.3 is 0 Å². The molecule has 34 heavy (non-hydrogen) atoms. The summed E-state index contributed by atoms with van der Waals surface area (Å²) in [7, 11) is 1.71. The van der Waals surface area contributed by atoms with E-state index >= 15 is 0 Å². The van der Waals surface area contributed by atoms with Gasteiger partial charge in [0.1, 0.15) is 5.75 Å². The zero-order valence-corrected chi connectivity index (χ0v) is 19.8. The number of para-hydroxylation sites is 1. The standard InChI is InChI=1S/C29H32N4O/c1-34-28-16-14-26(15-17-28)32-21-19-31(20-22-32)18-8-11-25-23-29(24-9-4-2-5-10-24)33(30-25)27-12-6-3-7-13-27/h2-7,9-10,12-17,23H,8,11,18-22H2,1H3. The SMILES string of the molecule is COc1ccc(N2CCN(CCCc3cc(-c4ccccc4)n(-c4ccccc4)n3)CC2)cc1. The van der Waals surface area contributed by atoms with Gasteiger partial charge in [-0.3, -0.25) is 4.90 Å². The maximum absolute atomic E-state index is 5.28. The van der Waals surface area contributed by atoms with E-state index < -0.39 is 0 Å². The van der Waals surface area contributed by atoms with Crippen LogP contribution >= 0.6 is 0 Å². The quantitative estimate of drug-likeness (QED) is 0.363. The predicted molar refractivity (Wildman–Crippen MR) is 139 cm³/mol. The molecule has 4 aromatic rings. The van der Waals surface area contributed by atoms with Gasteiger partial charge in [0, 0.05) is 37.4 Å². The van der Waals surface area contributed by atoms with Crippen molar-refractivity contribution < 1.29 is 4.74 Å². The lowest BCUT2D eigenvalue weighted by Crippen LogP contribution is -2.46. The second-order valence-corrected chi connectivity index (χ2v) is 8.76. The lowest BCUT2D eigenvalue weighted by Gasteiger charge is -2.36. The minimum absolute atomic E-state index is 0.910. The maximum Gasteiger partial charge on any atom is 0.119 e. The van der Waals surface area contributed by atoms with Crippen LogP contribution in [0, 0.1) is 0 Å². The van der Waals surface area contributed by atoms with E-state index in [0.717, 1.165) is 68.4 Å². The third-order valence-electron chi connectivity index (χ3n) is 6.55. The van der Waals surface area contributed by atoms with Crippen molar-refractivity contribution in [2.75, 3.05) is 44.7 Å². The van der Waals surface area contributed by atoms with Gasteiger partial charge in [-0.25, -0.2) is 4.68 Å². The van der Waals surface area contributed by atoms with E-state index in [-0.39, 0.29) is 0 Å². The Bertz CT molecular complexity index is 1110. The molecule has 0 saturated carbocycles. The summed E-state index contributed by atoms with van der Waals surface area (Å²) in [5.74, 6) is 0.910. The van der Waals surface area contributed by atoms with Crippen molar-refractivity contribution in [2.45, 2.75) is 12.8 Å². The summed E-state index contributed by atoms with van der Waals surface area (Å²) in [4.78, 5) is 5.04. The topological polar surface area (TPSA) is 33.5 Å². The molecule has 0 N–H and O–H groups in total. The molecule has 1 saturated heterocycles. The molecule has 1 aliphatic heterocycles. The van der Waals surface area contributed by atoms with Crippen molar-refractivity contribution >= 4 is 5.69 Å². The Morgan fingerprint density at radius 1 is 0.765 bits per heavy atom. The fourth-order valence-electron chi connectivity index (χ4n) is 4.64. The second kappa shape index (κ2) is 10.6. The van der Waals surface area contributed by atoms with E-state index in [1.54, 1.807) is 7.11 Å². The molecule has 1 aromatic heterocycles. The molecule has 1 fully saturated rings. The van der Waals surface area contributed by atoms with E-state index in [9.17, 15) is 0 Å². The molecule has 174 valence electrons. The van der Waals surface area contributed by atoms with E-state index in [1.807, 2.05) is 18.2 Å². The van der Waals surface area contributed by atoms with Crippen LogP contribution < -0.4 is 9.64 Å². The molecule has 5 nitrogen and oxygen atoms in total. The van der Waals surface area contributed by atoms with Crippen molar-refractivity contribution in [2.24, 2.45) is 0 Å². The Balaban J connectivity index is 1.18. The van der Waals surface area contributed by atoms with Gasteiger partial charge in [0.15, 0.2) is 0 Å². The van der Waals surface area contributed by atoms with Crippen molar-refractivity contribution in [3.05, 3.63) is 96.7 Å². The van der Waals surface area contributed by atoms with E-state index in [4.69, 9.17) is 9.84 Å². The Morgan fingerprint density at radius 2 is 1.44 bits per heavy atom. The normalized spacial score (nSPS) is 14.3. The van der Waals surface area contributed by atoms with E-state index in [1.165, 1.54) is 11.3 Å². The third-order valence-corrected chi connectivity index (χ3v) is 6.55. The molecule has 3 aromatic carbocycles. The number of piperazine rings is 1. The highest BCUT2D eigenvalue weighted by Crippen LogP contribution is 2.25. The number of methoxy groups -OCH3 is 1. The molecule has 1 aliphatic rings. The summed E-state index contributed by atoms with van der Waals surface area (Å²) in [5, 5.41) is 4.98. The Morgan fingerprint density at radius 3 is 2.12 bits per heavy atom. The summed E-state index contributed by atoms with van der Waals surface area (Å²) in [6, 6.07) is 31.6. The van der Waals surface area contributed by atoms with Gasteiger partial charge in [-0.1, -0.05) is 48.5 Å². The molecular weight excluding hydrogens is 420 g/mol. The molecule has 0 atom stereocenters. The molecule has 2 heterocycles. The molecule has 0 amide bonds. The Hall–Kier alpha value is -3.57. The van der Waals surface area contributed by atoms with Gasteiger partial charge in [0.2, 0.25) is 0 Å². The second-order valence-electron chi connectivity index (χ2n) is 8.76. The van der Waals surface area contributed by atoms with Crippen LogP contribution in [0.25, 0.3) is 16.9 Å². The number of ether oxygens (including phenoxy) is 1. The smallest absolute Gasteiger partial charge is 0.119 e. The predicted octanol–water partition coefficient (Wildman–Crippen LogP) is 5.30. The summed E-state index contributed by atoms with van der Waals surface area (Å²) in [5.41, 5.74) is 5.87. The Kier molecular flexibility index (Phi) is 6.91. The number of nitrogens with zero attached hydrogens (tertiary/aromatic N) is 4. The minimum atomic E-state index is 0.910. The Labute approximate surface area is 202 Å². The van der Waals surface area contributed by atoms with Gasteiger partial charge < -0.3 is 9.64 Å². The number of aromatic nitrogens is 2. The number of aryl methyl sites for hydroxylation is 1. The van der Waals surface area contributed by atoms with Crippen molar-refractivity contribution in [3.63, 3.8) is 0 Å². The first-order chi connectivity index (χ1) is 16.8. The number of anilines is 1. The highest BCUT2D eigenvalue weighted by molar-refractivity contribution is 5.62. The zero-order chi connectivity index (χ0) is 23.2. The first-order valence-electron chi connectivity index (χ1n) is 12.1. The first kappa shape index (κ1) is 22.2. The average Bonchev–Trinajstić information content (AvgIpc) is 3.34. The molecule has 5 rings (SSSR count). The van der Waals surface area contributed by atoms with Gasteiger partial charge in [0.25, 0.3) is 0 Å². The first-order valence-corrected chi connectivity index (χ1v) is 12.1. The summed E-state index contributed by atoms with van der Waals surface area (Å²) >= 11 is 0. The fourth-order valence-corrected chi connectivity index (χ4v) is 4.64. The van der Waals surface area contributed by atoms with E-state index in [0.29, 0.717) is 0 Å². The number of rotatable bonds is 8. The monoisotopic (exact) mass is 452 g/mol. The number of benzene rings is 3. The van der Waals surface area contributed by atoms with Crippen LogP contribution in [0.1, 0.15) is 12.1 Å². The van der Waals surface area contributed by atoms with Crippen LogP contribution in [-0.2, 0) is 6.42 Å². The summed E-state index contributed by atoms with van der Waals surface area (Å²) in [6.07, 6.45) is 2.10. The number of hydrogen-bond donors (Lipinski definition) is 0. The minimum Gasteiger partial charge on any atom is -0.497 e. The molecule has 0 spiro atoms. The van der Waals surface area contributed by atoms with Gasteiger partial charge in [0.05, 0.1) is 24.2 Å². The molecule has 0 aliphatic carbocycles. The molecule has 0 unspecified atom stereocenters. The lowest BCUT2D eigenvalue weighted by atomic mass is 10.1. The highest BCUT2D eigenvalue weighted by atomic mass is 16.5. The molecule has 5 heteroatoms. The largest absolute Gasteiger partial charge is 0.497 e. The van der Waals surface area contributed by atoms with Crippen LogP contribution in [0.5, 0.6) is 5.75 Å². The van der Waals surface area contributed by atoms with Gasteiger partial charge in [-0.2, -0.15) is 5.10 Å². The van der Waals surface area contributed by atoms with Crippen LogP contribution in [0.2, 0.25) is 0 Å². The summed E-state index contributed by atoms with van der Waals surface area (Å²) < 4.78 is 7.36. The van der Waals surface area contributed by atoms with E-state index in [2.05, 4.69) is 87.3 Å². The van der Waals surface area contributed by atoms with Gasteiger partial charge in [-0.05, 0) is 61.9 Å². The van der Waals surface area contributed by atoms with Gasteiger partial charge in [-0.15, -0.1) is 0 Å². The lowest BCUT2D eigenvalue weighted by molar-refractivity contribution is 0.255. The maximum atomic E-state index is 5.28. The number of hydrogen-bond acceptors (Lipinski definition) is 4. The van der Waals surface area contributed by atoms with Crippen LogP contribution in [0.4, 0.5) is 5.69 Å². The van der Waals surface area contributed by atoms with Crippen LogP contribution in [-0.4, -0.2) is 54.5 Å². The molecule has 0 bridgehead atoms. The molecular formula is C29H32N4O. The fraction of sp³-hybridized carbons (Fsp3) is 0.276. The average molecular weight is 453 g/mol. The van der Waals surface area contributed by atoms with Crippen molar-refractivity contribution in [3.8, 4) is 22.7 Å².